The van der Waals surface area contributed by atoms with Crippen molar-refractivity contribution >= 4 is 5.97 Å². The first-order chi connectivity index (χ1) is 13.2. The zero-order valence-electron chi connectivity index (χ0n) is 16.4. The van der Waals surface area contributed by atoms with Crippen LogP contribution in [0.2, 0.25) is 0 Å². The predicted octanol–water partition coefficient (Wildman–Crippen LogP) is 6.33. The van der Waals surface area contributed by atoms with E-state index in [-0.39, 0.29) is 18.0 Å². The van der Waals surface area contributed by atoms with Gasteiger partial charge in [0.25, 0.3) is 0 Å². The summed E-state index contributed by atoms with van der Waals surface area (Å²) in [5, 5.41) is 0. The van der Waals surface area contributed by atoms with Gasteiger partial charge in [0.15, 0.2) is 0 Å². The summed E-state index contributed by atoms with van der Waals surface area (Å²) in [4.78, 5) is 12.0. The highest BCUT2D eigenvalue weighted by molar-refractivity contribution is 5.75. The predicted molar refractivity (Wildman–Crippen MR) is 109 cm³/mol. The molecule has 1 fully saturated rings. The number of ether oxygens (including phenoxy) is 2. The Morgan fingerprint density at radius 2 is 1.56 bits per heavy atom. The molecule has 0 aromatic heterocycles. The largest absolute Gasteiger partial charge is 0.494 e. The van der Waals surface area contributed by atoms with Gasteiger partial charge >= 0.3 is 5.97 Å². The maximum Gasteiger partial charge on any atom is 0.309 e. The average molecular weight is 367 g/mol. The van der Waals surface area contributed by atoms with Crippen molar-refractivity contribution < 1.29 is 14.3 Å². The number of unbranched alkanes of at least 4 members (excludes halogenated alkanes) is 2. The molecule has 1 heterocycles. The summed E-state index contributed by atoms with van der Waals surface area (Å²) >= 11 is 0. The van der Waals surface area contributed by atoms with E-state index in [0.29, 0.717) is 0 Å². The Bertz CT molecular complexity index is 718. The second-order valence-corrected chi connectivity index (χ2v) is 7.35. The van der Waals surface area contributed by atoms with E-state index in [1.165, 1.54) is 0 Å². The van der Waals surface area contributed by atoms with Crippen molar-refractivity contribution in [2.45, 2.75) is 58.5 Å². The summed E-state index contributed by atoms with van der Waals surface area (Å²) in [7, 11) is 0. The summed E-state index contributed by atoms with van der Waals surface area (Å²) < 4.78 is 11.3. The summed E-state index contributed by atoms with van der Waals surface area (Å²) in [6.07, 6.45) is 6.07. The van der Waals surface area contributed by atoms with Crippen molar-refractivity contribution in [3.8, 4) is 16.9 Å². The molecule has 0 saturated carbocycles. The van der Waals surface area contributed by atoms with Gasteiger partial charge in [0.05, 0.1) is 12.5 Å². The molecular formula is C24H30O3. The lowest BCUT2D eigenvalue weighted by Gasteiger charge is -2.11. The molecule has 144 valence electrons. The molecule has 2 aromatic rings. The monoisotopic (exact) mass is 366 g/mol. The van der Waals surface area contributed by atoms with Crippen LogP contribution in [0, 0.1) is 5.92 Å². The second-order valence-electron chi connectivity index (χ2n) is 7.35. The first-order valence-electron chi connectivity index (χ1n) is 10.2. The number of carbonyl (C=O) groups excluding carboxylic acids is 1. The van der Waals surface area contributed by atoms with Crippen LogP contribution in [0.25, 0.3) is 11.1 Å². The second kappa shape index (κ2) is 9.59. The Labute approximate surface area is 162 Å². The van der Waals surface area contributed by atoms with E-state index in [2.05, 4.69) is 50.2 Å². The molecule has 2 aromatic carbocycles. The molecular weight excluding hydrogens is 336 g/mol. The summed E-state index contributed by atoms with van der Waals surface area (Å²) in [5.41, 5.74) is 3.41. The van der Waals surface area contributed by atoms with E-state index in [0.717, 1.165) is 67.6 Å². The molecule has 3 rings (SSSR count). The number of hydrogen-bond donors (Lipinski definition) is 0. The van der Waals surface area contributed by atoms with Gasteiger partial charge < -0.3 is 9.47 Å². The van der Waals surface area contributed by atoms with E-state index in [1.54, 1.807) is 0 Å². The van der Waals surface area contributed by atoms with Crippen LogP contribution in [-0.4, -0.2) is 12.6 Å². The van der Waals surface area contributed by atoms with Crippen LogP contribution < -0.4 is 4.74 Å². The number of rotatable bonds is 9. The first kappa shape index (κ1) is 19.5. The highest BCUT2D eigenvalue weighted by Gasteiger charge is 2.34. The SMILES string of the molecule is CCCCOc1ccc(-c2ccc(C3CC(CCCC)C(=O)O3)cc2)cc1. The third-order valence-corrected chi connectivity index (χ3v) is 5.23. The normalized spacial score (nSPS) is 19.1. The highest BCUT2D eigenvalue weighted by atomic mass is 16.6. The number of benzene rings is 2. The Hall–Kier alpha value is -2.29. The van der Waals surface area contributed by atoms with Crippen LogP contribution >= 0.6 is 0 Å². The fourth-order valence-electron chi connectivity index (χ4n) is 3.50. The fraction of sp³-hybridized carbons (Fsp3) is 0.458. The molecule has 27 heavy (non-hydrogen) atoms. The molecule has 1 aliphatic heterocycles. The van der Waals surface area contributed by atoms with Crippen molar-refractivity contribution in [3.05, 3.63) is 54.1 Å². The summed E-state index contributed by atoms with van der Waals surface area (Å²) in [5.74, 6) is 0.950. The Balaban J connectivity index is 1.61. The van der Waals surface area contributed by atoms with Crippen LogP contribution in [0.5, 0.6) is 5.75 Å². The van der Waals surface area contributed by atoms with E-state index < -0.39 is 0 Å². The first-order valence-corrected chi connectivity index (χ1v) is 10.2. The lowest BCUT2D eigenvalue weighted by atomic mass is 9.94. The molecule has 1 aliphatic rings. The van der Waals surface area contributed by atoms with Gasteiger partial charge in [0.1, 0.15) is 11.9 Å². The number of hydrogen-bond acceptors (Lipinski definition) is 3. The molecule has 3 nitrogen and oxygen atoms in total. The minimum absolute atomic E-state index is 0.0313. The van der Waals surface area contributed by atoms with Crippen LogP contribution in [-0.2, 0) is 9.53 Å². The van der Waals surface area contributed by atoms with Gasteiger partial charge in [-0.3, -0.25) is 4.79 Å². The van der Waals surface area contributed by atoms with Gasteiger partial charge in [-0.2, -0.15) is 0 Å². The molecule has 0 amide bonds. The summed E-state index contributed by atoms with van der Waals surface area (Å²) in [6.45, 7) is 5.08. The molecule has 0 bridgehead atoms. The van der Waals surface area contributed by atoms with E-state index in [4.69, 9.17) is 9.47 Å². The average Bonchev–Trinajstić information content (AvgIpc) is 3.08. The van der Waals surface area contributed by atoms with Gasteiger partial charge in [0.2, 0.25) is 0 Å². The molecule has 1 saturated heterocycles. The fourth-order valence-corrected chi connectivity index (χ4v) is 3.50. The van der Waals surface area contributed by atoms with Gasteiger partial charge in [-0.1, -0.05) is 69.5 Å². The van der Waals surface area contributed by atoms with Gasteiger partial charge in [-0.05, 0) is 41.7 Å². The van der Waals surface area contributed by atoms with Crippen LogP contribution in [0.3, 0.4) is 0 Å². The lowest BCUT2D eigenvalue weighted by Crippen LogP contribution is -2.06. The minimum atomic E-state index is -0.0947. The van der Waals surface area contributed by atoms with Crippen molar-refractivity contribution in [1.29, 1.82) is 0 Å². The van der Waals surface area contributed by atoms with Gasteiger partial charge in [0, 0.05) is 6.42 Å². The quantitative estimate of drug-likeness (QED) is 0.384. The minimum Gasteiger partial charge on any atom is -0.494 e. The van der Waals surface area contributed by atoms with Gasteiger partial charge in [-0.15, -0.1) is 0 Å². The van der Waals surface area contributed by atoms with Crippen LogP contribution in [0.15, 0.2) is 48.5 Å². The van der Waals surface area contributed by atoms with E-state index in [1.807, 2.05) is 12.1 Å². The summed E-state index contributed by atoms with van der Waals surface area (Å²) in [6, 6.07) is 16.6. The number of carbonyl (C=O) groups is 1. The molecule has 2 atom stereocenters. The standard InChI is InChI=1S/C24H30O3/c1-3-5-7-21-17-23(27-24(21)25)20-10-8-18(9-11-20)19-12-14-22(15-13-19)26-16-6-4-2/h8-15,21,23H,3-7,16-17H2,1-2H3. The molecule has 2 unspecified atom stereocenters. The van der Waals surface area contributed by atoms with Crippen molar-refractivity contribution in [3.63, 3.8) is 0 Å². The third kappa shape index (κ3) is 5.12. The molecule has 0 N–H and O–H groups in total. The van der Waals surface area contributed by atoms with Crippen molar-refractivity contribution in [2.24, 2.45) is 5.92 Å². The maximum atomic E-state index is 12.0. The number of cyclic esters (lactones) is 1. The maximum absolute atomic E-state index is 12.0. The van der Waals surface area contributed by atoms with Crippen LogP contribution in [0.1, 0.15) is 64.0 Å². The smallest absolute Gasteiger partial charge is 0.309 e. The Kier molecular flexibility index (Phi) is 6.92. The topological polar surface area (TPSA) is 35.5 Å². The van der Waals surface area contributed by atoms with Crippen molar-refractivity contribution in [1.82, 2.24) is 0 Å². The highest BCUT2D eigenvalue weighted by Crippen LogP contribution is 2.36. The van der Waals surface area contributed by atoms with E-state index in [9.17, 15) is 4.79 Å². The Morgan fingerprint density at radius 3 is 2.19 bits per heavy atom. The van der Waals surface area contributed by atoms with E-state index >= 15 is 0 Å². The van der Waals surface area contributed by atoms with Crippen molar-refractivity contribution in [2.75, 3.05) is 6.61 Å². The third-order valence-electron chi connectivity index (χ3n) is 5.23. The lowest BCUT2D eigenvalue weighted by molar-refractivity contribution is -0.144. The zero-order valence-corrected chi connectivity index (χ0v) is 16.4. The zero-order chi connectivity index (χ0) is 19.1. The van der Waals surface area contributed by atoms with Gasteiger partial charge in [-0.25, -0.2) is 0 Å². The molecule has 0 radical (unpaired) electrons. The molecule has 3 heteroatoms. The molecule has 0 spiro atoms. The van der Waals surface area contributed by atoms with Crippen LogP contribution in [0.4, 0.5) is 0 Å². The number of esters is 1. The Morgan fingerprint density at radius 1 is 0.926 bits per heavy atom. The molecule has 0 aliphatic carbocycles.